The molecular formula is C14H14BCl2NO4. The first kappa shape index (κ1) is 16.9. The Morgan fingerprint density at radius 2 is 1.73 bits per heavy atom. The van der Waals surface area contributed by atoms with E-state index in [0.29, 0.717) is 27.1 Å². The highest BCUT2D eigenvalue weighted by molar-refractivity contribution is 6.58. The number of hydrogen-bond donors (Lipinski definition) is 2. The molecular weight excluding hydrogens is 328 g/mol. The van der Waals surface area contributed by atoms with Crippen LogP contribution >= 0.6 is 23.2 Å². The fourth-order valence-electron chi connectivity index (χ4n) is 1.74. The number of halogens is 2. The summed E-state index contributed by atoms with van der Waals surface area (Å²) in [6.45, 7) is 2.38. The molecule has 0 saturated heterocycles. The lowest BCUT2D eigenvalue weighted by molar-refractivity contribution is 0.212. The second-order valence-electron chi connectivity index (χ2n) is 4.56. The first-order valence-electron chi connectivity index (χ1n) is 6.50. The van der Waals surface area contributed by atoms with Gasteiger partial charge in [0.2, 0.25) is 5.88 Å². The Bertz CT molecular complexity index is 614. The van der Waals surface area contributed by atoms with Gasteiger partial charge in [-0.05, 0) is 30.7 Å². The van der Waals surface area contributed by atoms with Gasteiger partial charge in [-0.3, -0.25) is 0 Å². The Kier molecular flexibility index (Phi) is 5.91. The van der Waals surface area contributed by atoms with Crippen LogP contribution in [0.3, 0.4) is 0 Å². The van der Waals surface area contributed by atoms with Crippen molar-refractivity contribution in [1.29, 1.82) is 0 Å². The molecule has 2 aromatic rings. The topological polar surface area (TPSA) is 71.8 Å². The molecule has 1 heterocycles. The predicted octanol–water partition coefficient (Wildman–Crippen LogP) is 1.83. The van der Waals surface area contributed by atoms with Crippen molar-refractivity contribution < 1.29 is 19.5 Å². The van der Waals surface area contributed by atoms with Gasteiger partial charge >= 0.3 is 7.12 Å². The van der Waals surface area contributed by atoms with E-state index in [2.05, 4.69) is 4.98 Å². The number of aromatic nitrogens is 1. The Labute approximate surface area is 138 Å². The normalized spacial score (nSPS) is 10.4. The first-order chi connectivity index (χ1) is 10.5. The minimum atomic E-state index is -1.55. The highest BCUT2D eigenvalue weighted by atomic mass is 35.5. The van der Waals surface area contributed by atoms with E-state index in [-0.39, 0.29) is 13.2 Å². The summed E-state index contributed by atoms with van der Waals surface area (Å²) in [5, 5.41) is 18.8. The van der Waals surface area contributed by atoms with Crippen LogP contribution in [0.2, 0.25) is 10.0 Å². The minimum Gasteiger partial charge on any atom is -0.487 e. The summed E-state index contributed by atoms with van der Waals surface area (Å²) in [6.07, 6.45) is 1.33. The zero-order chi connectivity index (χ0) is 16.1. The van der Waals surface area contributed by atoms with Crippen LogP contribution in [0.4, 0.5) is 0 Å². The summed E-state index contributed by atoms with van der Waals surface area (Å²) in [4.78, 5) is 3.94. The largest absolute Gasteiger partial charge is 0.490 e. The first-order valence-corrected chi connectivity index (χ1v) is 7.26. The Balaban J connectivity index is 1.85. The van der Waals surface area contributed by atoms with Crippen molar-refractivity contribution in [3.63, 3.8) is 0 Å². The highest BCUT2D eigenvalue weighted by Gasteiger charge is 2.11. The summed E-state index contributed by atoms with van der Waals surface area (Å²) in [5.74, 6) is 0.776. The predicted molar refractivity (Wildman–Crippen MR) is 86.3 cm³/mol. The minimum absolute atomic E-state index is 0.245. The highest BCUT2D eigenvalue weighted by Crippen LogP contribution is 2.33. The molecule has 0 aliphatic heterocycles. The Morgan fingerprint density at radius 1 is 1.09 bits per heavy atom. The Hall–Kier alpha value is -1.47. The third-order valence-corrected chi connectivity index (χ3v) is 3.34. The van der Waals surface area contributed by atoms with E-state index in [9.17, 15) is 0 Å². The van der Waals surface area contributed by atoms with Crippen molar-refractivity contribution >= 4 is 35.8 Å². The molecule has 0 unspecified atom stereocenters. The zero-order valence-corrected chi connectivity index (χ0v) is 13.3. The molecule has 0 amide bonds. The summed E-state index contributed by atoms with van der Waals surface area (Å²) < 4.78 is 10.9. The molecule has 0 bridgehead atoms. The molecule has 1 aromatic carbocycles. The number of pyridine rings is 1. The molecule has 1 aromatic heterocycles. The average molecular weight is 342 g/mol. The van der Waals surface area contributed by atoms with E-state index >= 15 is 0 Å². The number of hydrogen-bond acceptors (Lipinski definition) is 5. The lowest BCUT2D eigenvalue weighted by atomic mass is 9.82. The van der Waals surface area contributed by atoms with Crippen molar-refractivity contribution in [2.45, 2.75) is 6.92 Å². The van der Waals surface area contributed by atoms with Gasteiger partial charge in [-0.15, -0.1) is 0 Å². The van der Waals surface area contributed by atoms with Gasteiger partial charge in [0.1, 0.15) is 13.2 Å². The maximum absolute atomic E-state index is 8.96. The molecule has 0 saturated carbocycles. The van der Waals surface area contributed by atoms with Crippen molar-refractivity contribution in [2.24, 2.45) is 0 Å². The third kappa shape index (κ3) is 4.51. The van der Waals surface area contributed by atoms with E-state index in [0.717, 1.165) is 5.56 Å². The average Bonchev–Trinajstić information content (AvgIpc) is 2.46. The second kappa shape index (κ2) is 7.69. The van der Waals surface area contributed by atoms with Gasteiger partial charge < -0.3 is 19.5 Å². The van der Waals surface area contributed by atoms with Crippen LogP contribution in [0.1, 0.15) is 5.56 Å². The van der Waals surface area contributed by atoms with Crippen LogP contribution in [0, 0.1) is 6.92 Å². The van der Waals surface area contributed by atoms with Crippen LogP contribution in [0.15, 0.2) is 30.5 Å². The maximum atomic E-state index is 8.96. The van der Waals surface area contributed by atoms with Crippen LogP contribution < -0.4 is 14.9 Å². The second-order valence-corrected chi connectivity index (χ2v) is 5.37. The van der Waals surface area contributed by atoms with E-state index < -0.39 is 7.12 Å². The van der Waals surface area contributed by atoms with Gasteiger partial charge in [-0.25, -0.2) is 4.98 Å². The van der Waals surface area contributed by atoms with Crippen LogP contribution in [-0.2, 0) is 0 Å². The van der Waals surface area contributed by atoms with Crippen molar-refractivity contribution in [2.75, 3.05) is 13.2 Å². The molecule has 2 rings (SSSR count). The number of ether oxygens (including phenoxy) is 2. The number of rotatable bonds is 6. The van der Waals surface area contributed by atoms with Crippen LogP contribution in [0.5, 0.6) is 11.6 Å². The molecule has 0 aliphatic rings. The summed E-state index contributed by atoms with van der Waals surface area (Å²) in [6, 6.07) is 6.59. The van der Waals surface area contributed by atoms with Gasteiger partial charge in [0.15, 0.2) is 5.75 Å². The molecule has 2 N–H and O–H groups in total. The van der Waals surface area contributed by atoms with E-state index in [1.54, 1.807) is 18.2 Å². The summed E-state index contributed by atoms with van der Waals surface area (Å²) >= 11 is 12.1. The SMILES string of the molecule is Cc1cc(Cl)c(OCCOc2ccc(B(O)O)cn2)c(Cl)c1. The van der Waals surface area contributed by atoms with E-state index in [1.807, 2.05) is 6.92 Å². The van der Waals surface area contributed by atoms with Crippen LogP contribution in [-0.4, -0.2) is 35.4 Å². The van der Waals surface area contributed by atoms with Gasteiger partial charge in [0.05, 0.1) is 10.0 Å². The van der Waals surface area contributed by atoms with Crippen molar-refractivity contribution in [3.05, 3.63) is 46.1 Å². The summed E-state index contributed by atoms with van der Waals surface area (Å²) in [7, 11) is -1.55. The van der Waals surface area contributed by atoms with Gasteiger partial charge in [-0.2, -0.15) is 0 Å². The van der Waals surface area contributed by atoms with Crippen molar-refractivity contribution in [3.8, 4) is 11.6 Å². The number of nitrogens with zero attached hydrogens (tertiary/aromatic N) is 1. The quantitative estimate of drug-likeness (QED) is 0.619. The zero-order valence-electron chi connectivity index (χ0n) is 11.8. The molecule has 22 heavy (non-hydrogen) atoms. The molecule has 0 fully saturated rings. The standard InChI is InChI=1S/C14H14BCl2NO4/c1-9-6-11(16)14(12(17)7-9)22-5-4-21-13-3-2-10(8-18-13)15(19)20/h2-3,6-8,19-20H,4-5H2,1H3. The molecule has 0 spiro atoms. The lowest BCUT2D eigenvalue weighted by Crippen LogP contribution is -2.29. The van der Waals surface area contributed by atoms with E-state index in [4.69, 9.17) is 42.7 Å². The van der Waals surface area contributed by atoms with Crippen LogP contribution in [0.25, 0.3) is 0 Å². The lowest BCUT2D eigenvalue weighted by Gasteiger charge is -2.11. The molecule has 0 atom stereocenters. The molecule has 116 valence electrons. The van der Waals surface area contributed by atoms with Gasteiger partial charge in [-0.1, -0.05) is 29.3 Å². The molecule has 0 aliphatic carbocycles. The molecule has 0 radical (unpaired) electrons. The fourth-order valence-corrected chi connectivity index (χ4v) is 2.45. The molecule has 8 heteroatoms. The van der Waals surface area contributed by atoms with Crippen molar-refractivity contribution in [1.82, 2.24) is 4.98 Å². The Morgan fingerprint density at radius 3 is 2.27 bits per heavy atom. The monoisotopic (exact) mass is 341 g/mol. The number of aryl methyl sites for hydroxylation is 1. The maximum Gasteiger partial charge on any atom is 0.490 e. The van der Waals surface area contributed by atoms with Gasteiger partial charge in [0.25, 0.3) is 0 Å². The smallest absolute Gasteiger partial charge is 0.487 e. The fraction of sp³-hybridized carbons (Fsp3) is 0.214. The van der Waals surface area contributed by atoms with Gasteiger partial charge in [0, 0.05) is 11.7 Å². The number of benzene rings is 1. The molecule has 5 nitrogen and oxygen atoms in total. The third-order valence-electron chi connectivity index (χ3n) is 2.78. The summed E-state index contributed by atoms with van der Waals surface area (Å²) in [5.41, 5.74) is 1.25. The van der Waals surface area contributed by atoms with E-state index in [1.165, 1.54) is 12.3 Å².